The molecule has 0 saturated heterocycles. The van der Waals surface area contributed by atoms with E-state index in [1.54, 1.807) is 43.7 Å². The van der Waals surface area contributed by atoms with Gasteiger partial charge in [0.25, 0.3) is 11.4 Å². The molecule has 8 nitrogen and oxygen atoms in total. The first-order chi connectivity index (χ1) is 14.4. The van der Waals surface area contributed by atoms with Crippen molar-refractivity contribution in [2.75, 3.05) is 0 Å². The van der Waals surface area contributed by atoms with Crippen LogP contribution in [0.2, 0.25) is 0 Å². The van der Waals surface area contributed by atoms with Crippen molar-refractivity contribution in [2.24, 2.45) is 0 Å². The fourth-order valence-electron chi connectivity index (χ4n) is 2.97. The number of alkyl halides is 2. The molecule has 4 heterocycles. The molecule has 0 aliphatic carbocycles. The largest absolute Gasteiger partial charge is 0.415 e. The number of aryl methyl sites for hydroxylation is 2. The summed E-state index contributed by atoms with van der Waals surface area (Å²) in [5.74, 6) is -0.250. The summed E-state index contributed by atoms with van der Waals surface area (Å²) in [5, 5.41) is 6.89. The maximum atomic E-state index is 13.1. The van der Waals surface area contributed by atoms with Gasteiger partial charge in [0.2, 0.25) is 5.89 Å². The van der Waals surface area contributed by atoms with E-state index in [0.29, 0.717) is 22.6 Å². The van der Waals surface area contributed by atoms with Crippen LogP contribution >= 0.6 is 0 Å². The normalized spacial score (nSPS) is 11.2. The molecule has 0 fully saturated rings. The minimum Gasteiger partial charge on any atom is -0.415 e. The molecule has 0 N–H and O–H groups in total. The summed E-state index contributed by atoms with van der Waals surface area (Å²) in [5.41, 5.74) is 2.91. The predicted molar refractivity (Wildman–Crippen MR) is 103 cm³/mol. The summed E-state index contributed by atoms with van der Waals surface area (Å²) in [6.07, 6.45) is 3.47. The summed E-state index contributed by atoms with van der Waals surface area (Å²) in [6.45, 7) is 3.81. The van der Waals surface area contributed by atoms with Gasteiger partial charge in [0.15, 0.2) is 0 Å². The van der Waals surface area contributed by atoms with Crippen LogP contribution in [0.3, 0.4) is 0 Å². The SMILES string of the molecule is Cc1cnccc1-c1cnc(C)n(Cc2ccc(-c3nnc(C(F)F)o3)cn2)c1=O. The molecule has 0 radical (unpaired) electrons. The molecular formula is C20H16F2N6O2. The monoisotopic (exact) mass is 410 g/mol. The number of hydrogen-bond acceptors (Lipinski definition) is 7. The van der Waals surface area contributed by atoms with Crippen molar-refractivity contribution in [3.63, 3.8) is 0 Å². The minimum absolute atomic E-state index is 0.0467. The van der Waals surface area contributed by atoms with Crippen LogP contribution in [0.1, 0.15) is 29.4 Å². The Balaban J connectivity index is 1.63. The van der Waals surface area contributed by atoms with E-state index in [-0.39, 0.29) is 18.0 Å². The molecule has 0 spiro atoms. The molecule has 4 aromatic rings. The number of pyridine rings is 2. The van der Waals surface area contributed by atoms with Crippen LogP contribution in [0, 0.1) is 13.8 Å². The molecule has 0 saturated carbocycles. The lowest BCUT2D eigenvalue weighted by Crippen LogP contribution is -2.26. The number of rotatable bonds is 5. The molecule has 10 heteroatoms. The lowest BCUT2D eigenvalue weighted by atomic mass is 10.1. The van der Waals surface area contributed by atoms with E-state index in [1.165, 1.54) is 10.8 Å². The Hall–Kier alpha value is -3.82. The van der Waals surface area contributed by atoms with Gasteiger partial charge in [-0.1, -0.05) is 0 Å². The zero-order valence-electron chi connectivity index (χ0n) is 16.1. The highest BCUT2D eigenvalue weighted by Crippen LogP contribution is 2.23. The van der Waals surface area contributed by atoms with Gasteiger partial charge in [0.05, 0.1) is 23.4 Å². The van der Waals surface area contributed by atoms with Gasteiger partial charge in [-0.2, -0.15) is 8.78 Å². The van der Waals surface area contributed by atoms with Gasteiger partial charge in [-0.15, -0.1) is 10.2 Å². The highest BCUT2D eigenvalue weighted by molar-refractivity contribution is 5.64. The van der Waals surface area contributed by atoms with Crippen LogP contribution < -0.4 is 5.56 Å². The first-order valence-electron chi connectivity index (χ1n) is 8.98. The summed E-state index contributed by atoms with van der Waals surface area (Å²) in [4.78, 5) is 25.8. The zero-order chi connectivity index (χ0) is 21.3. The molecular weight excluding hydrogens is 394 g/mol. The van der Waals surface area contributed by atoms with Crippen LogP contribution in [0.4, 0.5) is 8.78 Å². The maximum absolute atomic E-state index is 13.1. The van der Waals surface area contributed by atoms with E-state index < -0.39 is 12.3 Å². The summed E-state index contributed by atoms with van der Waals surface area (Å²) < 4.78 is 31.7. The summed E-state index contributed by atoms with van der Waals surface area (Å²) >= 11 is 0. The lowest BCUT2D eigenvalue weighted by Gasteiger charge is -2.12. The van der Waals surface area contributed by atoms with Crippen LogP contribution in [0.5, 0.6) is 0 Å². The molecule has 152 valence electrons. The van der Waals surface area contributed by atoms with E-state index >= 15 is 0 Å². The van der Waals surface area contributed by atoms with Crippen LogP contribution in [-0.4, -0.2) is 29.7 Å². The molecule has 0 atom stereocenters. The molecule has 4 rings (SSSR count). The van der Waals surface area contributed by atoms with Gasteiger partial charge >= 0.3 is 6.43 Å². The second-order valence-electron chi connectivity index (χ2n) is 6.59. The molecule has 30 heavy (non-hydrogen) atoms. The predicted octanol–water partition coefficient (Wildman–Crippen LogP) is 3.35. The highest BCUT2D eigenvalue weighted by atomic mass is 19.3. The first kappa shape index (κ1) is 19.5. The number of halogens is 2. The van der Waals surface area contributed by atoms with Crippen LogP contribution in [0.15, 0.2) is 52.2 Å². The van der Waals surface area contributed by atoms with Gasteiger partial charge in [-0.3, -0.25) is 19.3 Å². The molecule has 0 aliphatic rings. The second-order valence-corrected chi connectivity index (χ2v) is 6.59. The Kier molecular flexibility index (Phi) is 5.13. The van der Waals surface area contributed by atoms with Gasteiger partial charge in [0.1, 0.15) is 5.82 Å². The Morgan fingerprint density at radius 1 is 1.03 bits per heavy atom. The quantitative estimate of drug-likeness (QED) is 0.497. The van der Waals surface area contributed by atoms with Gasteiger partial charge < -0.3 is 4.42 Å². The number of nitrogens with zero attached hydrogens (tertiary/aromatic N) is 6. The van der Waals surface area contributed by atoms with Crippen molar-refractivity contribution >= 4 is 0 Å². The van der Waals surface area contributed by atoms with Crippen molar-refractivity contribution in [2.45, 2.75) is 26.8 Å². The van der Waals surface area contributed by atoms with Crippen LogP contribution in [0.25, 0.3) is 22.6 Å². The van der Waals surface area contributed by atoms with Crippen molar-refractivity contribution in [1.29, 1.82) is 0 Å². The number of hydrogen-bond donors (Lipinski definition) is 0. The fourth-order valence-corrected chi connectivity index (χ4v) is 2.97. The average molecular weight is 410 g/mol. The fraction of sp³-hybridized carbons (Fsp3) is 0.200. The van der Waals surface area contributed by atoms with Crippen molar-refractivity contribution < 1.29 is 13.2 Å². The van der Waals surface area contributed by atoms with Gasteiger partial charge in [0, 0.05) is 24.8 Å². The van der Waals surface area contributed by atoms with E-state index in [2.05, 4.69) is 25.1 Å². The Labute approximate surface area is 169 Å². The summed E-state index contributed by atoms with van der Waals surface area (Å²) in [7, 11) is 0. The molecule has 4 aromatic heterocycles. The van der Waals surface area contributed by atoms with Crippen LogP contribution in [-0.2, 0) is 6.54 Å². The molecule has 0 amide bonds. The van der Waals surface area contributed by atoms with Crippen molar-refractivity contribution in [3.05, 3.63) is 76.3 Å². The average Bonchev–Trinajstić information content (AvgIpc) is 3.23. The molecule has 0 bridgehead atoms. The van der Waals surface area contributed by atoms with E-state index in [4.69, 9.17) is 4.42 Å². The first-order valence-corrected chi connectivity index (χ1v) is 8.98. The maximum Gasteiger partial charge on any atom is 0.314 e. The zero-order valence-corrected chi connectivity index (χ0v) is 16.1. The van der Waals surface area contributed by atoms with Gasteiger partial charge in [-0.25, -0.2) is 4.98 Å². The molecule has 0 aliphatic heterocycles. The Morgan fingerprint density at radius 2 is 1.87 bits per heavy atom. The molecule has 0 unspecified atom stereocenters. The van der Waals surface area contributed by atoms with Crippen molar-refractivity contribution in [1.82, 2.24) is 29.7 Å². The third-order valence-electron chi connectivity index (χ3n) is 4.58. The van der Waals surface area contributed by atoms with Gasteiger partial charge in [-0.05, 0) is 43.2 Å². The Bertz CT molecular complexity index is 1250. The van der Waals surface area contributed by atoms with Crippen molar-refractivity contribution in [3.8, 4) is 22.6 Å². The third kappa shape index (κ3) is 3.71. The second kappa shape index (κ2) is 7.90. The Morgan fingerprint density at radius 3 is 2.53 bits per heavy atom. The van der Waals surface area contributed by atoms with E-state index in [0.717, 1.165) is 11.1 Å². The van der Waals surface area contributed by atoms with E-state index in [1.807, 2.05) is 6.92 Å². The number of aromatic nitrogens is 6. The topological polar surface area (TPSA) is 99.6 Å². The molecule has 0 aromatic carbocycles. The lowest BCUT2D eigenvalue weighted by molar-refractivity contribution is 0.116. The summed E-state index contributed by atoms with van der Waals surface area (Å²) in [6, 6.07) is 5.06. The highest BCUT2D eigenvalue weighted by Gasteiger charge is 2.17. The standard InChI is InChI=1S/C20H16F2N6O2/c1-11-7-23-6-5-15(11)16-9-24-12(2)28(20(16)29)10-14-4-3-13(8-25-14)18-26-27-19(30-18)17(21)22/h3-9,17H,10H2,1-2H3. The minimum atomic E-state index is -2.84. The van der Waals surface area contributed by atoms with E-state index in [9.17, 15) is 13.6 Å². The smallest absolute Gasteiger partial charge is 0.314 e. The third-order valence-corrected chi connectivity index (χ3v) is 4.58.